The van der Waals surface area contributed by atoms with Crippen LogP contribution in [0.15, 0.2) is 36.4 Å². The van der Waals surface area contributed by atoms with Gasteiger partial charge in [0.1, 0.15) is 0 Å². The highest BCUT2D eigenvalue weighted by Crippen LogP contribution is 2.34. The van der Waals surface area contributed by atoms with Crippen molar-refractivity contribution in [1.29, 1.82) is 0 Å². The summed E-state index contributed by atoms with van der Waals surface area (Å²) in [7, 11) is 0. The fraction of sp³-hybridized carbons (Fsp3) is 0.368. The molecule has 2 N–H and O–H groups in total. The van der Waals surface area contributed by atoms with Gasteiger partial charge in [0, 0.05) is 30.0 Å². The third-order valence-electron chi connectivity index (χ3n) is 4.68. The van der Waals surface area contributed by atoms with Crippen molar-refractivity contribution in [2.24, 2.45) is 0 Å². The Labute approximate surface area is 136 Å². The molecule has 0 aliphatic carbocycles. The molecule has 2 heterocycles. The molecule has 0 aromatic heterocycles. The number of nitrogens with two attached hydrogens (primary N) is 1. The van der Waals surface area contributed by atoms with E-state index in [-0.39, 0.29) is 0 Å². The quantitative estimate of drug-likeness (QED) is 0.867. The van der Waals surface area contributed by atoms with Crippen LogP contribution in [0, 0.1) is 0 Å². The second-order valence-electron chi connectivity index (χ2n) is 6.16. The highest BCUT2D eigenvalue weighted by molar-refractivity contribution is 5.73. The van der Waals surface area contributed by atoms with Crippen molar-refractivity contribution in [2.45, 2.75) is 13.0 Å². The molecule has 0 amide bonds. The summed E-state index contributed by atoms with van der Waals surface area (Å²) < 4.78 is 11.2. The van der Waals surface area contributed by atoms with E-state index in [0.717, 1.165) is 45.0 Å². The molecule has 2 aromatic rings. The third-order valence-corrected chi connectivity index (χ3v) is 4.68. The maximum atomic E-state index is 5.82. The third kappa shape index (κ3) is 2.92. The van der Waals surface area contributed by atoms with Gasteiger partial charge in [-0.15, -0.1) is 0 Å². The zero-order valence-corrected chi connectivity index (χ0v) is 13.3. The second-order valence-corrected chi connectivity index (χ2v) is 6.16. The van der Waals surface area contributed by atoms with Crippen LogP contribution in [0.5, 0.6) is 0 Å². The second kappa shape index (κ2) is 6.22. The smallest absolute Gasteiger partial charge is 0.0739 e. The number of morpholine rings is 1. The number of rotatable bonds is 2. The SMILES string of the molecule is Nc1ccc(-c2cc3c(c(N4CCOCC4)c2)COCC3)cc1. The van der Waals surface area contributed by atoms with Gasteiger partial charge in [-0.05, 0) is 41.3 Å². The van der Waals surface area contributed by atoms with Crippen LogP contribution in [0.1, 0.15) is 11.1 Å². The van der Waals surface area contributed by atoms with Crippen molar-refractivity contribution < 1.29 is 9.47 Å². The Morgan fingerprint density at radius 2 is 1.65 bits per heavy atom. The van der Waals surface area contributed by atoms with Crippen LogP contribution in [0.4, 0.5) is 11.4 Å². The number of anilines is 2. The van der Waals surface area contributed by atoms with Crippen LogP contribution in [0.25, 0.3) is 11.1 Å². The van der Waals surface area contributed by atoms with Gasteiger partial charge >= 0.3 is 0 Å². The highest BCUT2D eigenvalue weighted by Gasteiger charge is 2.21. The van der Waals surface area contributed by atoms with E-state index >= 15 is 0 Å². The Hall–Kier alpha value is -2.04. The average Bonchev–Trinajstić information content (AvgIpc) is 2.62. The van der Waals surface area contributed by atoms with Gasteiger partial charge in [-0.2, -0.15) is 0 Å². The maximum Gasteiger partial charge on any atom is 0.0739 e. The summed E-state index contributed by atoms with van der Waals surface area (Å²) >= 11 is 0. The van der Waals surface area contributed by atoms with Gasteiger partial charge < -0.3 is 20.1 Å². The Morgan fingerprint density at radius 3 is 2.43 bits per heavy atom. The Kier molecular flexibility index (Phi) is 3.93. The monoisotopic (exact) mass is 310 g/mol. The van der Waals surface area contributed by atoms with Crippen molar-refractivity contribution >= 4 is 11.4 Å². The van der Waals surface area contributed by atoms with Gasteiger partial charge in [-0.1, -0.05) is 18.2 Å². The predicted molar refractivity (Wildman–Crippen MR) is 92.7 cm³/mol. The summed E-state index contributed by atoms with van der Waals surface area (Å²) in [6.45, 7) is 4.99. The fourth-order valence-electron chi connectivity index (χ4n) is 3.39. The minimum atomic E-state index is 0.712. The van der Waals surface area contributed by atoms with Crippen LogP contribution in [-0.2, 0) is 22.5 Å². The molecule has 1 saturated heterocycles. The molecule has 1 fully saturated rings. The van der Waals surface area contributed by atoms with Crippen LogP contribution in [0.2, 0.25) is 0 Å². The summed E-state index contributed by atoms with van der Waals surface area (Å²) in [6, 6.07) is 12.7. The molecule has 0 saturated carbocycles. The molecule has 4 rings (SSSR count). The number of ether oxygens (including phenoxy) is 2. The van der Waals surface area contributed by atoms with Crippen LogP contribution >= 0.6 is 0 Å². The van der Waals surface area contributed by atoms with Crippen molar-refractivity contribution in [3.63, 3.8) is 0 Å². The molecule has 2 aliphatic rings. The van der Waals surface area contributed by atoms with Gasteiger partial charge in [0.2, 0.25) is 0 Å². The maximum absolute atomic E-state index is 5.82. The number of fused-ring (bicyclic) bond motifs is 1. The number of hydrogen-bond acceptors (Lipinski definition) is 4. The largest absolute Gasteiger partial charge is 0.399 e. The first-order chi connectivity index (χ1) is 11.3. The van der Waals surface area contributed by atoms with E-state index in [0.29, 0.717) is 6.61 Å². The van der Waals surface area contributed by atoms with E-state index in [2.05, 4.69) is 29.2 Å². The molecule has 0 unspecified atom stereocenters. The number of nitrogen functional groups attached to an aromatic ring is 1. The molecule has 2 aliphatic heterocycles. The van der Waals surface area contributed by atoms with E-state index in [1.807, 2.05) is 12.1 Å². The van der Waals surface area contributed by atoms with Gasteiger partial charge in [0.25, 0.3) is 0 Å². The van der Waals surface area contributed by atoms with Crippen molar-refractivity contribution in [3.05, 3.63) is 47.5 Å². The van der Waals surface area contributed by atoms with Crippen LogP contribution in [0.3, 0.4) is 0 Å². The summed E-state index contributed by atoms with van der Waals surface area (Å²) in [6.07, 6.45) is 0.982. The fourth-order valence-corrected chi connectivity index (χ4v) is 3.39. The molecule has 4 heteroatoms. The average molecular weight is 310 g/mol. The standard InChI is InChI=1S/C19H22N2O2/c20-17-3-1-14(2-4-17)16-11-15-5-8-23-13-18(15)19(12-16)21-6-9-22-10-7-21/h1-4,11-12H,5-10,13,20H2. The summed E-state index contributed by atoms with van der Waals surface area (Å²) in [4.78, 5) is 2.43. The topological polar surface area (TPSA) is 47.7 Å². The lowest BCUT2D eigenvalue weighted by atomic mass is 9.94. The summed E-state index contributed by atoms with van der Waals surface area (Å²) in [5, 5.41) is 0. The van der Waals surface area contributed by atoms with E-state index in [4.69, 9.17) is 15.2 Å². The number of hydrogen-bond donors (Lipinski definition) is 1. The Bertz CT molecular complexity index is 691. The van der Waals surface area contributed by atoms with E-state index in [1.165, 1.54) is 27.9 Å². The first-order valence-corrected chi connectivity index (χ1v) is 8.23. The number of benzene rings is 2. The minimum absolute atomic E-state index is 0.712. The van der Waals surface area contributed by atoms with Gasteiger partial charge in [-0.3, -0.25) is 0 Å². The molecule has 0 bridgehead atoms. The highest BCUT2D eigenvalue weighted by atomic mass is 16.5. The minimum Gasteiger partial charge on any atom is -0.399 e. The first-order valence-electron chi connectivity index (χ1n) is 8.23. The van der Waals surface area contributed by atoms with Gasteiger partial charge in [-0.25, -0.2) is 0 Å². The Morgan fingerprint density at radius 1 is 0.870 bits per heavy atom. The molecule has 0 atom stereocenters. The molecule has 23 heavy (non-hydrogen) atoms. The lowest BCUT2D eigenvalue weighted by Gasteiger charge is -2.33. The molecule has 0 radical (unpaired) electrons. The van der Waals surface area contributed by atoms with Crippen LogP contribution in [-0.4, -0.2) is 32.9 Å². The van der Waals surface area contributed by atoms with Crippen molar-refractivity contribution in [1.82, 2.24) is 0 Å². The lowest BCUT2D eigenvalue weighted by molar-refractivity contribution is 0.109. The van der Waals surface area contributed by atoms with Gasteiger partial charge in [0.15, 0.2) is 0 Å². The van der Waals surface area contributed by atoms with E-state index in [9.17, 15) is 0 Å². The molecular formula is C19H22N2O2. The van der Waals surface area contributed by atoms with Crippen molar-refractivity contribution in [2.75, 3.05) is 43.5 Å². The first kappa shape index (κ1) is 14.5. The van der Waals surface area contributed by atoms with E-state index < -0.39 is 0 Å². The zero-order chi connectivity index (χ0) is 15.6. The van der Waals surface area contributed by atoms with E-state index in [1.54, 1.807) is 0 Å². The molecule has 2 aromatic carbocycles. The Balaban J connectivity index is 1.79. The normalized spacial score (nSPS) is 17.8. The molecular weight excluding hydrogens is 288 g/mol. The van der Waals surface area contributed by atoms with Crippen LogP contribution < -0.4 is 10.6 Å². The van der Waals surface area contributed by atoms with Gasteiger partial charge in [0.05, 0.1) is 26.4 Å². The van der Waals surface area contributed by atoms with Crippen molar-refractivity contribution in [3.8, 4) is 11.1 Å². The molecule has 0 spiro atoms. The lowest BCUT2D eigenvalue weighted by Crippen LogP contribution is -2.37. The summed E-state index contributed by atoms with van der Waals surface area (Å²) in [5.74, 6) is 0. The molecule has 120 valence electrons. The zero-order valence-electron chi connectivity index (χ0n) is 13.3. The molecule has 4 nitrogen and oxygen atoms in total. The predicted octanol–water partition coefficient (Wildman–Crippen LogP) is 2.85. The number of nitrogens with zero attached hydrogens (tertiary/aromatic N) is 1. The summed E-state index contributed by atoms with van der Waals surface area (Å²) in [5.41, 5.74) is 13.1.